The van der Waals surface area contributed by atoms with Crippen LogP contribution in [0.25, 0.3) is 0 Å². The molecule has 0 bridgehead atoms. The average Bonchev–Trinajstić information content (AvgIpc) is 2.32. The van der Waals surface area contributed by atoms with Crippen molar-refractivity contribution in [1.82, 2.24) is 4.98 Å². The highest BCUT2D eigenvalue weighted by atomic mass is 16.4. The Labute approximate surface area is 76.6 Å². The molecule has 0 aliphatic rings. The standard InChI is InChI=1S/C9H13NO3/c1-5-6(2)13-7(10-5)9(3,4)8(11)12/h1-4H3,(H,11,12). The number of carboxylic acids is 1. The van der Waals surface area contributed by atoms with Crippen LogP contribution < -0.4 is 0 Å². The third-order valence-corrected chi connectivity index (χ3v) is 2.10. The molecule has 1 aromatic heterocycles. The summed E-state index contributed by atoms with van der Waals surface area (Å²) in [6.45, 7) is 6.70. The smallest absolute Gasteiger partial charge is 0.318 e. The van der Waals surface area contributed by atoms with Crippen molar-refractivity contribution in [2.24, 2.45) is 0 Å². The molecule has 13 heavy (non-hydrogen) atoms. The second-order valence-electron chi connectivity index (χ2n) is 3.59. The monoisotopic (exact) mass is 183 g/mol. The maximum atomic E-state index is 10.8. The fraction of sp³-hybridized carbons (Fsp3) is 0.556. The molecule has 0 aliphatic carbocycles. The van der Waals surface area contributed by atoms with Crippen molar-refractivity contribution < 1.29 is 14.3 Å². The van der Waals surface area contributed by atoms with E-state index in [-0.39, 0.29) is 5.89 Å². The van der Waals surface area contributed by atoms with Crippen molar-refractivity contribution in [2.45, 2.75) is 33.1 Å². The molecule has 1 heterocycles. The van der Waals surface area contributed by atoms with Gasteiger partial charge in [-0.05, 0) is 27.7 Å². The van der Waals surface area contributed by atoms with Crippen LogP contribution in [0.4, 0.5) is 0 Å². The van der Waals surface area contributed by atoms with E-state index in [0.717, 1.165) is 5.69 Å². The van der Waals surface area contributed by atoms with Crippen LogP contribution in [0.15, 0.2) is 4.42 Å². The van der Waals surface area contributed by atoms with E-state index in [2.05, 4.69) is 4.98 Å². The Hall–Kier alpha value is -1.32. The van der Waals surface area contributed by atoms with Crippen LogP contribution in [0.5, 0.6) is 0 Å². The van der Waals surface area contributed by atoms with Gasteiger partial charge in [0, 0.05) is 0 Å². The van der Waals surface area contributed by atoms with E-state index in [9.17, 15) is 4.79 Å². The van der Waals surface area contributed by atoms with Crippen molar-refractivity contribution in [3.8, 4) is 0 Å². The van der Waals surface area contributed by atoms with Gasteiger partial charge in [0.15, 0.2) is 0 Å². The van der Waals surface area contributed by atoms with Gasteiger partial charge < -0.3 is 9.52 Å². The van der Waals surface area contributed by atoms with Gasteiger partial charge >= 0.3 is 5.97 Å². The van der Waals surface area contributed by atoms with Gasteiger partial charge in [-0.3, -0.25) is 4.79 Å². The molecule has 1 N–H and O–H groups in total. The molecule has 0 spiro atoms. The van der Waals surface area contributed by atoms with Crippen molar-refractivity contribution in [3.63, 3.8) is 0 Å². The maximum absolute atomic E-state index is 10.8. The molecule has 1 rings (SSSR count). The van der Waals surface area contributed by atoms with Gasteiger partial charge in [-0.25, -0.2) is 4.98 Å². The second-order valence-corrected chi connectivity index (χ2v) is 3.59. The molecular formula is C9H13NO3. The topological polar surface area (TPSA) is 63.3 Å². The zero-order chi connectivity index (χ0) is 10.2. The largest absolute Gasteiger partial charge is 0.480 e. The van der Waals surface area contributed by atoms with E-state index in [1.54, 1.807) is 27.7 Å². The first-order valence-corrected chi connectivity index (χ1v) is 4.03. The molecule has 0 unspecified atom stereocenters. The molecule has 4 nitrogen and oxygen atoms in total. The van der Waals surface area contributed by atoms with Crippen molar-refractivity contribution in [2.75, 3.05) is 0 Å². The average molecular weight is 183 g/mol. The highest BCUT2D eigenvalue weighted by Gasteiger charge is 2.35. The van der Waals surface area contributed by atoms with Crippen LogP contribution in [-0.4, -0.2) is 16.1 Å². The Morgan fingerprint density at radius 1 is 1.46 bits per heavy atom. The molecule has 4 heteroatoms. The SMILES string of the molecule is Cc1nc(C(C)(C)C(=O)O)oc1C. The van der Waals surface area contributed by atoms with E-state index in [1.807, 2.05) is 0 Å². The number of carboxylic acid groups (broad SMARTS) is 1. The Balaban J connectivity index is 3.15. The summed E-state index contributed by atoms with van der Waals surface area (Å²) in [5.74, 6) is -0.00641. The quantitative estimate of drug-likeness (QED) is 0.757. The predicted octanol–water partition coefficient (Wildman–Crippen LogP) is 1.65. The number of aliphatic carboxylic acids is 1. The molecule has 0 aliphatic heterocycles. The van der Waals surface area contributed by atoms with Gasteiger partial charge in [-0.15, -0.1) is 0 Å². The number of aryl methyl sites for hydroxylation is 2. The van der Waals surface area contributed by atoms with E-state index in [4.69, 9.17) is 9.52 Å². The van der Waals surface area contributed by atoms with E-state index < -0.39 is 11.4 Å². The molecule has 72 valence electrons. The van der Waals surface area contributed by atoms with Crippen LogP contribution in [0.3, 0.4) is 0 Å². The summed E-state index contributed by atoms with van der Waals surface area (Å²) in [7, 11) is 0. The summed E-state index contributed by atoms with van der Waals surface area (Å²) >= 11 is 0. The lowest BCUT2D eigenvalue weighted by Gasteiger charge is -2.13. The molecule has 0 radical (unpaired) electrons. The first-order chi connectivity index (χ1) is 5.85. The van der Waals surface area contributed by atoms with Gasteiger partial charge in [0.2, 0.25) is 5.89 Å². The number of nitrogens with zero attached hydrogens (tertiary/aromatic N) is 1. The predicted molar refractivity (Wildman–Crippen MR) is 46.6 cm³/mol. The van der Waals surface area contributed by atoms with Gasteiger partial charge in [0.05, 0.1) is 5.69 Å². The zero-order valence-corrected chi connectivity index (χ0v) is 8.21. The molecule has 0 fully saturated rings. The highest BCUT2D eigenvalue weighted by Crippen LogP contribution is 2.24. The van der Waals surface area contributed by atoms with Gasteiger partial charge in [-0.2, -0.15) is 0 Å². The van der Waals surface area contributed by atoms with Gasteiger partial charge in [0.1, 0.15) is 11.2 Å². The summed E-state index contributed by atoms with van der Waals surface area (Å²) in [6, 6.07) is 0. The number of aromatic nitrogens is 1. The minimum Gasteiger partial charge on any atom is -0.480 e. The molecule has 0 aromatic carbocycles. The number of oxazole rings is 1. The number of hydrogen-bond donors (Lipinski definition) is 1. The molecule has 0 saturated heterocycles. The van der Waals surface area contributed by atoms with E-state index in [0.29, 0.717) is 5.76 Å². The lowest BCUT2D eigenvalue weighted by Crippen LogP contribution is -2.28. The maximum Gasteiger partial charge on any atom is 0.318 e. The minimum absolute atomic E-state index is 0.259. The van der Waals surface area contributed by atoms with E-state index in [1.165, 1.54) is 0 Å². The third-order valence-electron chi connectivity index (χ3n) is 2.10. The second kappa shape index (κ2) is 2.87. The third kappa shape index (κ3) is 1.56. The van der Waals surface area contributed by atoms with Crippen molar-refractivity contribution in [1.29, 1.82) is 0 Å². The van der Waals surface area contributed by atoms with Crippen molar-refractivity contribution in [3.05, 3.63) is 17.3 Å². The normalized spacial score (nSPS) is 11.7. The van der Waals surface area contributed by atoms with Crippen molar-refractivity contribution >= 4 is 5.97 Å². The van der Waals surface area contributed by atoms with Gasteiger partial charge in [0.25, 0.3) is 0 Å². The number of rotatable bonds is 2. The molecule has 0 saturated carbocycles. The van der Waals surface area contributed by atoms with Crippen LogP contribution in [0, 0.1) is 13.8 Å². The fourth-order valence-electron chi connectivity index (χ4n) is 0.832. The van der Waals surface area contributed by atoms with E-state index >= 15 is 0 Å². The first kappa shape index (κ1) is 9.77. The van der Waals surface area contributed by atoms with Crippen LogP contribution in [0.2, 0.25) is 0 Å². The summed E-state index contributed by atoms with van der Waals surface area (Å²) < 4.78 is 5.25. The number of hydrogen-bond acceptors (Lipinski definition) is 3. The molecular weight excluding hydrogens is 170 g/mol. The molecule has 0 amide bonds. The highest BCUT2D eigenvalue weighted by molar-refractivity contribution is 5.78. The fourth-order valence-corrected chi connectivity index (χ4v) is 0.832. The summed E-state index contributed by atoms with van der Waals surface area (Å²) in [5.41, 5.74) is -0.316. The van der Waals surface area contributed by atoms with Crippen LogP contribution in [-0.2, 0) is 10.2 Å². The molecule has 1 aromatic rings. The summed E-state index contributed by atoms with van der Waals surface area (Å²) in [6.07, 6.45) is 0. The zero-order valence-electron chi connectivity index (χ0n) is 8.21. The first-order valence-electron chi connectivity index (χ1n) is 4.03. The Kier molecular flexibility index (Phi) is 2.15. The Morgan fingerprint density at radius 2 is 2.00 bits per heavy atom. The minimum atomic E-state index is -1.06. The Morgan fingerprint density at radius 3 is 2.31 bits per heavy atom. The number of carbonyl (C=O) groups is 1. The lowest BCUT2D eigenvalue weighted by atomic mass is 9.94. The molecule has 0 atom stereocenters. The summed E-state index contributed by atoms with van der Waals surface area (Å²) in [4.78, 5) is 14.9. The van der Waals surface area contributed by atoms with Crippen LogP contribution in [0.1, 0.15) is 31.2 Å². The summed E-state index contributed by atoms with van der Waals surface area (Å²) in [5, 5.41) is 8.89. The van der Waals surface area contributed by atoms with Crippen LogP contribution >= 0.6 is 0 Å². The Bertz CT molecular complexity index is 319. The van der Waals surface area contributed by atoms with Gasteiger partial charge in [-0.1, -0.05) is 0 Å². The lowest BCUT2D eigenvalue weighted by molar-refractivity contribution is -0.143.